The molecule has 0 aliphatic heterocycles. The summed E-state index contributed by atoms with van der Waals surface area (Å²) in [7, 11) is 1.65. The van der Waals surface area contributed by atoms with Crippen LogP contribution >= 0.6 is 23.4 Å². The maximum Gasteiger partial charge on any atom is 0.192 e. The largest absolute Gasteiger partial charge is 0.496 e. The normalized spacial score (nSPS) is 10.7. The van der Waals surface area contributed by atoms with Crippen molar-refractivity contribution in [1.82, 2.24) is 19.7 Å². The molecule has 0 saturated heterocycles. The monoisotopic (exact) mass is 478 g/mol. The van der Waals surface area contributed by atoms with Crippen LogP contribution in [0.5, 0.6) is 11.5 Å². The second kappa shape index (κ2) is 11.0. The van der Waals surface area contributed by atoms with Crippen LogP contribution in [0.3, 0.4) is 0 Å². The Morgan fingerprint density at radius 3 is 2.76 bits per heavy atom. The maximum atomic E-state index is 6.28. The number of allylic oxidation sites excluding steroid dienone is 1. The Morgan fingerprint density at radius 2 is 1.97 bits per heavy atom. The Balaban J connectivity index is 1.56. The Bertz CT molecular complexity index is 1230. The van der Waals surface area contributed by atoms with Crippen molar-refractivity contribution in [3.05, 3.63) is 95.8 Å². The predicted molar refractivity (Wildman–Crippen MR) is 132 cm³/mol. The van der Waals surface area contributed by atoms with Crippen molar-refractivity contribution in [2.24, 2.45) is 0 Å². The van der Waals surface area contributed by atoms with Crippen LogP contribution in [-0.2, 0) is 18.9 Å². The molecule has 2 aromatic heterocycles. The van der Waals surface area contributed by atoms with E-state index in [9.17, 15) is 0 Å². The van der Waals surface area contributed by atoms with Gasteiger partial charge in [0.05, 0.1) is 12.7 Å². The van der Waals surface area contributed by atoms with E-state index in [4.69, 9.17) is 21.1 Å². The minimum atomic E-state index is 0.428. The molecule has 33 heavy (non-hydrogen) atoms. The zero-order valence-electron chi connectivity index (χ0n) is 18.1. The summed E-state index contributed by atoms with van der Waals surface area (Å²) < 4.78 is 13.6. The average Bonchev–Trinajstić information content (AvgIpc) is 3.25. The lowest BCUT2D eigenvalue weighted by atomic mass is 10.2. The Kier molecular flexibility index (Phi) is 7.65. The Hall–Kier alpha value is -3.29. The van der Waals surface area contributed by atoms with Gasteiger partial charge in [0.1, 0.15) is 18.1 Å². The highest BCUT2D eigenvalue weighted by atomic mass is 35.5. The number of ether oxygens (including phenoxy) is 2. The van der Waals surface area contributed by atoms with Crippen LogP contribution in [0.2, 0.25) is 5.02 Å². The zero-order chi connectivity index (χ0) is 23.0. The van der Waals surface area contributed by atoms with Crippen LogP contribution in [-0.4, -0.2) is 26.9 Å². The van der Waals surface area contributed by atoms with Gasteiger partial charge in [0.2, 0.25) is 0 Å². The number of pyridine rings is 1. The van der Waals surface area contributed by atoms with Crippen molar-refractivity contribution in [1.29, 1.82) is 0 Å². The lowest BCUT2D eigenvalue weighted by Gasteiger charge is -2.13. The smallest absolute Gasteiger partial charge is 0.192 e. The SMILES string of the molecule is C=CCn1c(SCc2cc(Cl)ccc2OCc2cccnc2)nnc1-c1ccccc1OC. The summed E-state index contributed by atoms with van der Waals surface area (Å²) >= 11 is 7.84. The van der Waals surface area contributed by atoms with Gasteiger partial charge in [0.25, 0.3) is 0 Å². The molecule has 0 amide bonds. The molecule has 0 N–H and O–H groups in total. The number of hydrogen-bond acceptors (Lipinski definition) is 6. The number of aromatic nitrogens is 4. The van der Waals surface area contributed by atoms with Gasteiger partial charge in [-0.2, -0.15) is 0 Å². The molecule has 0 bridgehead atoms. The van der Waals surface area contributed by atoms with Gasteiger partial charge in [-0.3, -0.25) is 9.55 Å². The fourth-order valence-electron chi connectivity index (χ4n) is 3.31. The van der Waals surface area contributed by atoms with Crippen LogP contribution in [0.4, 0.5) is 0 Å². The van der Waals surface area contributed by atoms with Gasteiger partial charge in [0, 0.05) is 40.8 Å². The zero-order valence-corrected chi connectivity index (χ0v) is 19.7. The van der Waals surface area contributed by atoms with Crippen LogP contribution in [0.1, 0.15) is 11.1 Å². The van der Waals surface area contributed by atoms with Gasteiger partial charge < -0.3 is 9.47 Å². The third kappa shape index (κ3) is 5.56. The first kappa shape index (κ1) is 22.9. The number of halogens is 1. The van der Waals surface area contributed by atoms with E-state index < -0.39 is 0 Å². The molecule has 6 nitrogen and oxygen atoms in total. The minimum Gasteiger partial charge on any atom is -0.496 e. The van der Waals surface area contributed by atoms with Crippen LogP contribution in [0.15, 0.2) is 84.8 Å². The summed E-state index contributed by atoms with van der Waals surface area (Å²) in [6, 6.07) is 17.3. The van der Waals surface area contributed by atoms with E-state index in [1.165, 1.54) is 0 Å². The van der Waals surface area contributed by atoms with E-state index in [0.717, 1.165) is 39.2 Å². The first-order chi connectivity index (χ1) is 16.2. The molecular formula is C25H23ClN4O2S. The molecule has 0 aliphatic carbocycles. The lowest BCUT2D eigenvalue weighted by Crippen LogP contribution is -2.02. The molecule has 0 atom stereocenters. The van der Waals surface area contributed by atoms with E-state index in [1.807, 2.05) is 65.2 Å². The number of rotatable bonds is 10. The van der Waals surface area contributed by atoms with Crippen LogP contribution in [0, 0.1) is 0 Å². The second-order valence-electron chi connectivity index (χ2n) is 7.10. The molecule has 4 aromatic rings. The van der Waals surface area contributed by atoms with Crippen molar-refractivity contribution in [2.45, 2.75) is 24.1 Å². The number of hydrogen-bond donors (Lipinski definition) is 0. The van der Waals surface area contributed by atoms with E-state index in [2.05, 4.69) is 21.8 Å². The quantitative estimate of drug-likeness (QED) is 0.204. The third-order valence-corrected chi connectivity index (χ3v) is 6.12. The predicted octanol–water partition coefficient (Wildman–Crippen LogP) is 6.06. The van der Waals surface area contributed by atoms with Gasteiger partial charge in [-0.25, -0.2) is 0 Å². The molecular weight excluding hydrogens is 456 g/mol. The van der Waals surface area contributed by atoms with Crippen molar-refractivity contribution < 1.29 is 9.47 Å². The van der Waals surface area contributed by atoms with Crippen molar-refractivity contribution in [3.8, 4) is 22.9 Å². The summed E-state index contributed by atoms with van der Waals surface area (Å²) in [4.78, 5) is 4.14. The average molecular weight is 479 g/mol. The van der Waals surface area contributed by atoms with Gasteiger partial charge in [-0.1, -0.05) is 47.6 Å². The number of benzene rings is 2. The molecule has 8 heteroatoms. The molecule has 0 saturated carbocycles. The van der Waals surface area contributed by atoms with Crippen LogP contribution < -0.4 is 9.47 Å². The lowest BCUT2D eigenvalue weighted by molar-refractivity contribution is 0.303. The molecule has 4 rings (SSSR count). The highest BCUT2D eigenvalue weighted by molar-refractivity contribution is 7.98. The molecule has 0 unspecified atom stereocenters. The fourth-order valence-corrected chi connectivity index (χ4v) is 4.43. The summed E-state index contributed by atoms with van der Waals surface area (Å²) in [6.07, 6.45) is 5.36. The molecule has 0 aliphatic rings. The molecule has 0 fully saturated rings. The summed E-state index contributed by atoms with van der Waals surface area (Å²) in [5.74, 6) is 2.86. The Labute approximate surface area is 202 Å². The number of para-hydroxylation sites is 1. The highest BCUT2D eigenvalue weighted by Crippen LogP contribution is 2.34. The fraction of sp³-hybridized carbons (Fsp3) is 0.160. The van der Waals surface area contributed by atoms with Crippen molar-refractivity contribution in [2.75, 3.05) is 7.11 Å². The van der Waals surface area contributed by atoms with E-state index in [0.29, 0.717) is 23.9 Å². The number of methoxy groups -OCH3 is 1. The Morgan fingerprint density at radius 1 is 1.09 bits per heavy atom. The van der Waals surface area contributed by atoms with Crippen molar-refractivity contribution in [3.63, 3.8) is 0 Å². The first-order valence-corrected chi connectivity index (χ1v) is 11.7. The maximum absolute atomic E-state index is 6.28. The van der Waals surface area contributed by atoms with Gasteiger partial charge in [-0.05, 0) is 36.4 Å². The summed E-state index contributed by atoms with van der Waals surface area (Å²) in [5.41, 5.74) is 2.85. The van der Waals surface area contributed by atoms with E-state index >= 15 is 0 Å². The van der Waals surface area contributed by atoms with Crippen molar-refractivity contribution >= 4 is 23.4 Å². The highest BCUT2D eigenvalue weighted by Gasteiger charge is 2.17. The molecule has 2 aromatic carbocycles. The standard InChI is InChI=1S/C25H23ClN4O2S/c1-3-13-30-24(21-8-4-5-9-23(21)31-2)28-29-25(30)33-17-19-14-20(26)10-11-22(19)32-16-18-7-6-12-27-15-18/h3-12,14-15H,1,13,16-17H2,2H3. The van der Waals surface area contributed by atoms with Gasteiger partial charge >= 0.3 is 0 Å². The van der Waals surface area contributed by atoms with Gasteiger partial charge in [-0.15, -0.1) is 16.8 Å². The molecule has 2 heterocycles. The molecule has 168 valence electrons. The summed E-state index contributed by atoms with van der Waals surface area (Å²) in [5, 5.41) is 10.3. The number of nitrogens with zero attached hydrogens (tertiary/aromatic N) is 4. The molecule has 0 radical (unpaired) electrons. The topological polar surface area (TPSA) is 62.1 Å². The van der Waals surface area contributed by atoms with Crippen LogP contribution in [0.25, 0.3) is 11.4 Å². The second-order valence-corrected chi connectivity index (χ2v) is 8.48. The first-order valence-electron chi connectivity index (χ1n) is 10.3. The van der Waals surface area contributed by atoms with Gasteiger partial charge in [0.15, 0.2) is 11.0 Å². The molecule has 0 spiro atoms. The van der Waals surface area contributed by atoms with E-state index in [1.54, 1.807) is 31.3 Å². The van der Waals surface area contributed by atoms with E-state index in [-0.39, 0.29) is 0 Å². The minimum absolute atomic E-state index is 0.428. The third-order valence-electron chi connectivity index (χ3n) is 4.87. The number of thioether (sulfide) groups is 1. The summed E-state index contributed by atoms with van der Waals surface area (Å²) in [6.45, 7) is 4.89.